The quantitative estimate of drug-likeness (QED) is 0.785. The third kappa shape index (κ3) is 3.97. The molecule has 1 fully saturated rings. The first-order valence-electron chi connectivity index (χ1n) is 7.67. The topological polar surface area (TPSA) is 71.5 Å². The summed E-state index contributed by atoms with van der Waals surface area (Å²) in [6, 6.07) is 3.50. The smallest absolute Gasteiger partial charge is 0.289 e. The standard InChI is InChI=1S/C16H21N3O3S/c1-18-8-7-17-16(18)23-10-12-5-6-14(22-12)15(21)19(2)9-13(20)11-3-4-11/h5-8,11,13,20H,3-4,9-10H2,1-2H3. The highest BCUT2D eigenvalue weighted by atomic mass is 32.2. The van der Waals surface area contributed by atoms with Crippen LogP contribution in [0.1, 0.15) is 29.2 Å². The van der Waals surface area contributed by atoms with Gasteiger partial charge in [-0.15, -0.1) is 0 Å². The van der Waals surface area contributed by atoms with E-state index in [0.29, 0.717) is 24.0 Å². The summed E-state index contributed by atoms with van der Waals surface area (Å²) in [6.07, 6.45) is 5.31. The van der Waals surface area contributed by atoms with Crippen LogP contribution in [0.15, 0.2) is 34.1 Å². The maximum absolute atomic E-state index is 12.3. The lowest BCUT2D eigenvalue weighted by atomic mass is 10.2. The second-order valence-electron chi connectivity index (χ2n) is 5.97. The van der Waals surface area contributed by atoms with Crippen LogP contribution < -0.4 is 0 Å². The first kappa shape index (κ1) is 16.1. The van der Waals surface area contributed by atoms with Crippen molar-refractivity contribution in [3.63, 3.8) is 0 Å². The molecule has 2 heterocycles. The third-order valence-corrected chi connectivity index (χ3v) is 5.05. The van der Waals surface area contributed by atoms with Crippen molar-refractivity contribution in [3.8, 4) is 0 Å². The van der Waals surface area contributed by atoms with Crippen molar-refractivity contribution < 1.29 is 14.3 Å². The van der Waals surface area contributed by atoms with Crippen molar-refractivity contribution in [1.82, 2.24) is 14.5 Å². The lowest BCUT2D eigenvalue weighted by Crippen LogP contribution is -2.35. The predicted octanol–water partition coefficient (Wildman–Crippen LogP) is 2.15. The zero-order valence-corrected chi connectivity index (χ0v) is 14.1. The largest absolute Gasteiger partial charge is 0.455 e. The number of thioether (sulfide) groups is 1. The van der Waals surface area contributed by atoms with Crippen molar-refractivity contribution >= 4 is 17.7 Å². The number of imidazole rings is 1. The lowest BCUT2D eigenvalue weighted by molar-refractivity contribution is 0.0616. The fraction of sp³-hybridized carbons (Fsp3) is 0.500. The summed E-state index contributed by atoms with van der Waals surface area (Å²) in [7, 11) is 3.63. The van der Waals surface area contributed by atoms with Crippen molar-refractivity contribution in [3.05, 3.63) is 36.0 Å². The molecule has 3 rings (SSSR count). The first-order valence-corrected chi connectivity index (χ1v) is 8.65. The maximum atomic E-state index is 12.3. The predicted molar refractivity (Wildman–Crippen MR) is 87.2 cm³/mol. The summed E-state index contributed by atoms with van der Waals surface area (Å²) in [5.41, 5.74) is 0. The van der Waals surface area contributed by atoms with Gasteiger partial charge in [-0.05, 0) is 30.9 Å². The number of likely N-dealkylation sites (N-methyl/N-ethyl adjacent to an activating group) is 1. The van der Waals surface area contributed by atoms with Crippen LogP contribution >= 0.6 is 11.8 Å². The van der Waals surface area contributed by atoms with E-state index in [4.69, 9.17) is 4.42 Å². The van der Waals surface area contributed by atoms with Gasteiger partial charge in [-0.1, -0.05) is 11.8 Å². The Morgan fingerprint density at radius 1 is 1.57 bits per heavy atom. The molecule has 1 unspecified atom stereocenters. The molecule has 6 nitrogen and oxygen atoms in total. The Bertz CT molecular complexity index is 678. The van der Waals surface area contributed by atoms with Crippen LogP contribution in [0.2, 0.25) is 0 Å². The van der Waals surface area contributed by atoms with E-state index in [1.54, 1.807) is 31.1 Å². The van der Waals surface area contributed by atoms with Crippen LogP contribution in [-0.2, 0) is 12.8 Å². The zero-order valence-electron chi connectivity index (χ0n) is 13.3. The molecular formula is C16H21N3O3S. The molecule has 0 aromatic carbocycles. The van der Waals surface area contributed by atoms with E-state index in [1.165, 1.54) is 4.90 Å². The molecule has 0 saturated heterocycles. The second kappa shape index (κ2) is 6.80. The van der Waals surface area contributed by atoms with Gasteiger partial charge in [-0.3, -0.25) is 4.79 Å². The Kier molecular flexibility index (Phi) is 4.77. The summed E-state index contributed by atoms with van der Waals surface area (Å²) >= 11 is 1.56. The van der Waals surface area contributed by atoms with Crippen molar-refractivity contribution in [1.29, 1.82) is 0 Å². The number of carbonyl (C=O) groups is 1. The minimum absolute atomic E-state index is 0.196. The van der Waals surface area contributed by atoms with E-state index >= 15 is 0 Å². The molecule has 1 atom stereocenters. The molecular weight excluding hydrogens is 314 g/mol. The molecule has 2 aromatic heterocycles. The van der Waals surface area contributed by atoms with Gasteiger partial charge < -0.3 is 19.0 Å². The van der Waals surface area contributed by atoms with Gasteiger partial charge in [-0.25, -0.2) is 4.98 Å². The van der Waals surface area contributed by atoms with Gasteiger partial charge in [-0.2, -0.15) is 0 Å². The summed E-state index contributed by atoms with van der Waals surface area (Å²) in [5, 5.41) is 10.8. The Labute approximate surface area is 139 Å². The number of aliphatic hydroxyl groups excluding tert-OH is 1. The number of carbonyl (C=O) groups excluding carboxylic acids is 1. The number of furan rings is 1. The van der Waals surface area contributed by atoms with Crippen molar-refractivity contribution in [2.45, 2.75) is 29.9 Å². The fourth-order valence-electron chi connectivity index (χ4n) is 2.38. The molecule has 124 valence electrons. The number of aliphatic hydroxyl groups is 1. The van der Waals surface area contributed by atoms with E-state index in [0.717, 1.165) is 23.8 Å². The van der Waals surface area contributed by atoms with Gasteiger partial charge in [0, 0.05) is 33.0 Å². The minimum atomic E-state index is -0.433. The molecule has 0 bridgehead atoms. The van der Waals surface area contributed by atoms with E-state index < -0.39 is 6.10 Å². The number of amides is 1. The van der Waals surface area contributed by atoms with Crippen LogP contribution in [0.4, 0.5) is 0 Å². The van der Waals surface area contributed by atoms with Crippen LogP contribution in [-0.4, -0.2) is 45.2 Å². The zero-order chi connectivity index (χ0) is 16.4. The number of aromatic nitrogens is 2. The molecule has 0 spiro atoms. The Morgan fingerprint density at radius 2 is 2.35 bits per heavy atom. The highest BCUT2D eigenvalue weighted by Gasteiger charge is 2.31. The molecule has 1 amide bonds. The van der Waals surface area contributed by atoms with Gasteiger partial charge >= 0.3 is 0 Å². The molecule has 2 aromatic rings. The molecule has 7 heteroatoms. The normalized spacial score (nSPS) is 15.6. The van der Waals surface area contributed by atoms with Crippen molar-refractivity contribution in [2.75, 3.05) is 13.6 Å². The Hall–Kier alpha value is -1.73. The SMILES string of the molecule is CN(CC(O)C1CC1)C(=O)c1ccc(CSc2nccn2C)o1. The molecule has 0 aliphatic heterocycles. The van der Waals surface area contributed by atoms with E-state index in [-0.39, 0.29) is 5.91 Å². The van der Waals surface area contributed by atoms with Crippen LogP contribution in [0.3, 0.4) is 0 Å². The summed E-state index contributed by atoms with van der Waals surface area (Å²) in [6.45, 7) is 0.349. The fourth-order valence-corrected chi connectivity index (χ4v) is 3.21. The van der Waals surface area contributed by atoms with Gasteiger partial charge in [0.1, 0.15) is 5.76 Å². The summed E-state index contributed by atoms with van der Waals surface area (Å²) in [5.74, 6) is 1.82. The van der Waals surface area contributed by atoms with Gasteiger partial charge in [0.25, 0.3) is 5.91 Å². The molecule has 1 aliphatic carbocycles. The highest BCUT2D eigenvalue weighted by molar-refractivity contribution is 7.98. The van der Waals surface area contributed by atoms with Crippen molar-refractivity contribution in [2.24, 2.45) is 13.0 Å². The number of nitrogens with zero attached hydrogens (tertiary/aromatic N) is 3. The van der Waals surface area contributed by atoms with Crippen LogP contribution in [0.5, 0.6) is 0 Å². The molecule has 1 aliphatic rings. The van der Waals surface area contributed by atoms with Gasteiger partial charge in [0.05, 0.1) is 11.9 Å². The molecule has 0 radical (unpaired) electrons. The number of aryl methyl sites for hydroxylation is 1. The highest BCUT2D eigenvalue weighted by Crippen LogP contribution is 2.32. The summed E-state index contributed by atoms with van der Waals surface area (Å²) < 4.78 is 7.57. The number of rotatable bonds is 7. The lowest BCUT2D eigenvalue weighted by Gasteiger charge is -2.19. The van der Waals surface area contributed by atoms with E-state index in [1.807, 2.05) is 23.9 Å². The first-order chi connectivity index (χ1) is 11.0. The Balaban J connectivity index is 1.55. The molecule has 1 N–H and O–H groups in total. The second-order valence-corrected chi connectivity index (χ2v) is 6.91. The number of hydrogen-bond acceptors (Lipinski definition) is 5. The number of hydrogen-bond donors (Lipinski definition) is 1. The van der Waals surface area contributed by atoms with E-state index in [9.17, 15) is 9.90 Å². The van der Waals surface area contributed by atoms with Gasteiger partial charge in [0.15, 0.2) is 10.9 Å². The van der Waals surface area contributed by atoms with Crippen LogP contribution in [0, 0.1) is 5.92 Å². The average molecular weight is 335 g/mol. The third-order valence-electron chi connectivity index (χ3n) is 3.97. The average Bonchev–Trinajstić information content (AvgIpc) is 3.15. The summed E-state index contributed by atoms with van der Waals surface area (Å²) in [4.78, 5) is 18.1. The van der Waals surface area contributed by atoms with E-state index in [2.05, 4.69) is 4.98 Å². The molecule has 1 saturated carbocycles. The Morgan fingerprint density at radius 3 is 3.00 bits per heavy atom. The maximum Gasteiger partial charge on any atom is 0.289 e. The van der Waals surface area contributed by atoms with Crippen LogP contribution in [0.25, 0.3) is 0 Å². The minimum Gasteiger partial charge on any atom is -0.455 e. The molecule has 23 heavy (non-hydrogen) atoms. The monoisotopic (exact) mass is 335 g/mol. The van der Waals surface area contributed by atoms with Gasteiger partial charge in [0.2, 0.25) is 0 Å².